The number of hydrogen-bond acceptors (Lipinski definition) is 4. The van der Waals surface area contributed by atoms with E-state index in [0.29, 0.717) is 11.7 Å². The molecule has 0 spiro atoms. The second kappa shape index (κ2) is 8.25. The Balaban J connectivity index is 1.45. The summed E-state index contributed by atoms with van der Waals surface area (Å²) in [5.41, 5.74) is 1.55. The Bertz CT molecular complexity index is 760. The molecule has 1 saturated carbocycles. The smallest absolute Gasteiger partial charge is 0.271 e. The zero-order valence-electron chi connectivity index (χ0n) is 16.2. The monoisotopic (exact) mass is 370 g/mol. The normalized spacial score (nSPS) is 21.6. The van der Waals surface area contributed by atoms with Gasteiger partial charge in [0.05, 0.1) is 18.3 Å². The van der Waals surface area contributed by atoms with Crippen molar-refractivity contribution in [2.45, 2.75) is 77.0 Å². The van der Waals surface area contributed by atoms with Gasteiger partial charge in [-0.2, -0.15) is 5.10 Å². The van der Waals surface area contributed by atoms with Crippen molar-refractivity contribution in [1.82, 2.24) is 30.0 Å². The molecule has 7 nitrogen and oxygen atoms in total. The molecular weight excluding hydrogens is 340 g/mol. The van der Waals surface area contributed by atoms with Crippen LogP contribution in [0.1, 0.15) is 79.9 Å². The van der Waals surface area contributed by atoms with Crippen LogP contribution >= 0.6 is 0 Å². The minimum Gasteiger partial charge on any atom is -0.348 e. The summed E-state index contributed by atoms with van der Waals surface area (Å²) in [6.07, 6.45) is 12.0. The number of H-pyrrole nitrogens is 1. The van der Waals surface area contributed by atoms with Crippen molar-refractivity contribution in [3.05, 3.63) is 35.7 Å². The lowest BCUT2D eigenvalue weighted by molar-refractivity contribution is 0.0932. The third kappa shape index (κ3) is 4.08. The molecule has 1 atom stereocenters. The third-order valence-corrected chi connectivity index (χ3v) is 5.98. The van der Waals surface area contributed by atoms with Crippen molar-refractivity contribution in [3.8, 4) is 0 Å². The van der Waals surface area contributed by atoms with Crippen molar-refractivity contribution in [1.29, 1.82) is 0 Å². The lowest BCUT2D eigenvalue weighted by Gasteiger charge is -2.34. The van der Waals surface area contributed by atoms with E-state index < -0.39 is 0 Å². The van der Waals surface area contributed by atoms with Gasteiger partial charge in [0.2, 0.25) is 0 Å². The maximum absolute atomic E-state index is 12.5. The summed E-state index contributed by atoms with van der Waals surface area (Å²) in [5.74, 6) is 1.05. The zero-order valence-corrected chi connectivity index (χ0v) is 16.2. The van der Waals surface area contributed by atoms with E-state index in [1.165, 1.54) is 25.7 Å². The van der Waals surface area contributed by atoms with Crippen LogP contribution in [0.25, 0.3) is 0 Å². The number of hydrogen-bond donors (Lipinski definition) is 2. The first-order valence-electron chi connectivity index (χ1n) is 10.3. The molecule has 1 unspecified atom stereocenters. The largest absolute Gasteiger partial charge is 0.348 e. The minimum absolute atomic E-state index is 0.0479. The molecule has 0 radical (unpaired) electrons. The van der Waals surface area contributed by atoms with Crippen molar-refractivity contribution in [2.75, 3.05) is 6.54 Å². The number of carbonyl (C=O) groups excluding carboxylic acids is 1. The molecule has 2 N–H and O–H groups in total. The summed E-state index contributed by atoms with van der Waals surface area (Å²) in [5, 5.41) is 10.6. The van der Waals surface area contributed by atoms with E-state index in [1.807, 2.05) is 18.5 Å². The van der Waals surface area contributed by atoms with Crippen LogP contribution in [0.4, 0.5) is 0 Å². The average Bonchev–Trinajstić information content (AvgIpc) is 3.44. The van der Waals surface area contributed by atoms with Crippen LogP contribution in [0, 0.1) is 0 Å². The SMILES string of the molecule is CCn1ccnc1CN1CCCCC1c1cc(C(=O)NC2CCCC2)n[nH]1. The highest BCUT2D eigenvalue weighted by atomic mass is 16.2. The Morgan fingerprint density at radius 3 is 2.89 bits per heavy atom. The Kier molecular flexibility index (Phi) is 5.57. The Morgan fingerprint density at radius 2 is 2.07 bits per heavy atom. The van der Waals surface area contributed by atoms with E-state index in [1.54, 1.807) is 0 Å². The van der Waals surface area contributed by atoms with Gasteiger partial charge in [0, 0.05) is 25.0 Å². The van der Waals surface area contributed by atoms with Crippen molar-refractivity contribution < 1.29 is 4.79 Å². The summed E-state index contributed by atoms with van der Waals surface area (Å²) >= 11 is 0. The first-order chi connectivity index (χ1) is 13.2. The van der Waals surface area contributed by atoms with Crippen LogP contribution in [-0.2, 0) is 13.1 Å². The van der Waals surface area contributed by atoms with Crippen LogP contribution in [0.3, 0.4) is 0 Å². The number of nitrogens with zero attached hydrogens (tertiary/aromatic N) is 4. The summed E-state index contributed by atoms with van der Waals surface area (Å²) in [4.78, 5) is 19.5. The van der Waals surface area contributed by atoms with Crippen LogP contribution in [0.15, 0.2) is 18.5 Å². The molecule has 2 fully saturated rings. The highest BCUT2D eigenvalue weighted by Crippen LogP contribution is 2.31. The number of nitrogens with one attached hydrogen (secondary N) is 2. The predicted octanol–water partition coefficient (Wildman–Crippen LogP) is 3.03. The van der Waals surface area contributed by atoms with Gasteiger partial charge in [0.15, 0.2) is 0 Å². The topological polar surface area (TPSA) is 78.8 Å². The average molecular weight is 371 g/mol. The maximum atomic E-state index is 12.5. The van der Waals surface area contributed by atoms with Crippen molar-refractivity contribution in [2.24, 2.45) is 0 Å². The molecular formula is C20H30N6O. The fourth-order valence-electron chi connectivity index (χ4n) is 4.45. The van der Waals surface area contributed by atoms with Gasteiger partial charge in [-0.1, -0.05) is 19.3 Å². The molecule has 0 bridgehead atoms. The van der Waals surface area contributed by atoms with Gasteiger partial charge in [-0.05, 0) is 45.2 Å². The Morgan fingerprint density at radius 1 is 1.26 bits per heavy atom. The van der Waals surface area contributed by atoms with E-state index in [0.717, 1.165) is 50.4 Å². The fraction of sp³-hybridized carbons (Fsp3) is 0.650. The first-order valence-corrected chi connectivity index (χ1v) is 10.3. The van der Waals surface area contributed by atoms with Gasteiger partial charge in [-0.15, -0.1) is 0 Å². The number of aromatic amines is 1. The molecule has 7 heteroatoms. The van der Waals surface area contributed by atoms with E-state index in [-0.39, 0.29) is 11.9 Å². The summed E-state index contributed by atoms with van der Waals surface area (Å²) in [7, 11) is 0. The molecule has 146 valence electrons. The lowest BCUT2D eigenvalue weighted by atomic mass is 9.99. The van der Waals surface area contributed by atoms with Crippen LogP contribution in [-0.4, -0.2) is 43.1 Å². The number of likely N-dealkylation sites (tertiary alicyclic amines) is 1. The Labute approximate surface area is 160 Å². The van der Waals surface area contributed by atoms with Gasteiger partial charge in [-0.3, -0.25) is 14.8 Å². The molecule has 27 heavy (non-hydrogen) atoms. The fourth-order valence-corrected chi connectivity index (χ4v) is 4.45. The summed E-state index contributed by atoms with van der Waals surface area (Å²) in [6, 6.07) is 2.53. The van der Waals surface area contributed by atoms with E-state index >= 15 is 0 Å². The minimum atomic E-state index is -0.0479. The lowest BCUT2D eigenvalue weighted by Crippen LogP contribution is -2.34. The quantitative estimate of drug-likeness (QED) is 0.819. The van der Waals surface area contributed by atoms with Gasteiger partial charge < -0.3 is 9.88 Å². The van der Waals surface area contributed by atoms with E-state index in [2.05, 4.69) is 36.9 Å². The van der Waals surface area contributed by atoms with Gasteiger partial charge >= 0.3 is 0 Å². The standard InChI is InChI=1S/C20H30N6O/c1-2-25-12-10-21-19(25)14-26-11-6-5-9-18(26)16-13-17(24-23-16)20(27)22-15-7-3-4-8-15/h10,12-13,15,18H,2-9,11,14H2,1H3,(H,22,27)(H,23,24). The predicted molar refractivity (Wildman–Crippen MR) is 103 cm³/mol. The van der Waals surface area contributed by atoms with Gasteiger partial charge in [-0.25, -0.2) is 4.98 Å². The van der Waals surface area contributed by atoms with Gasteiger partial charge in [0.25, 0.3) is 5.91 Å². The highest BCUT2D eigenvalue weighted by Gasteiger charge is 2.28. The van der Waals surface area contributed by atoms with E-state index in [9.17, 15) is 4.79 Å². The number of rotatable bonds is 6. The van der Waals surface area contributed by atoms with Crippen LogP contribution < -0.4 is 5.32 Å². The first kappa shape index (κ1) is 18.2. The van der Waals surface area contributed by atoms with Crippen LogP contribution in [0.5, 0.6) is 0 Å². The summed E-state index contributed by atoms with van der Waals surface area (Å²) in [6.45, 7) is 4.95. The maximum Gasteiger partial charge on any atom is 0.271 e. The number of imidazole rings is 1. The molecule has 1 amide bonds. The molecule has 2 aromatic heterocycles. The second-order valence-corrected chi connectivity index (χ2v) is 7.77. The molecule has 1 saturated heterocycles. The molecule has 4 rings (SSSR count). The molecule has 3 heterocycles. The molecule has 2 aromatic rings. The number of amides is 1. The third-order valence-electron chi connectivity index (χ3n) is 5.98. The molecule has 0 aromatic carbocycles. The number of piperidine rings is 1. The zero-order chi connectivity index (χ0) is 18.6. The van der Waals surface area contributed by atoms with Gasteiger partial charge in [0.1, 0.15) is 11.5 Å². The van der Waals surface area contributed by atoms with E-state index in [4.69, 9.17) is 0 Å². The summed E-state index contributed by atoms with van der Waals surface area (Å²) < 4.78 is 2.19. The Hall–Kier alpha value is -2.15. The molecule has 1 aliphatic carbocycles. The highest BCUT2D eigenvalue weighted by molar-refractivity contribution is 5.92. The molecule has 2 aliphatic rings. The van der Waals surface area contributed by atoms with Crippen molar-refractivity contribution >= 4 is 5.91 Å². The molecule has 1 aliphatic heterocycles. The second-order valence-electron chi connectivity index (χ2n) is 7.77. The number of aryl methyl sites for hydroxylation is 1. The number of carbonyl (C=O) groups is 1. The van der Waals surface area contributed by atoms with Crippen LogP contribution in [0.2, 0.25) is 0 Å². The number of aromatic nitrogens is 4. The van der Waals surface area contributed by atoms with Crippen molar-refractivity contribution in [3.63, 3.8) is 0 Å².